The highest BCUT2D eigenvalue weighted by Crippen LogP contribution is 2.18. The second-order valence-electron chi connectivity index (χ2n) is 4.13. The molecule has 0 spiro atoms. The molecule has 2 N–H and O–H groups in total. The van der Waals surface area contributed by atoms with E-state index >= 15 is 0 Å². The lowest BCUT2D eigenvalue weighted by Gasteiger charge is -2.20. The van der Waals surface area contributed by atoms with Gasteiger partial charge in [-0.15, -0.1) is 0 Å². The Hall–Kier alpha value is -0.140. The molecule has 0 aliphatic rings. The Morgan fingerprint density at radius 1 is 1.53 bits per heavy atom. The van der Waals surface area contributed by atoms with E-state index in [0.29, 0.717) is 5.56 Å². The first-order valence-electron chi connectivity index (χ1n) is 5.32. The molecule has 0 aromatic heterocycles. The fourth-order valence-corrected chi connectivity index (χ4v) is 2.28. The van der Waals surface area contributed by atoms with E-state index in [-0.39, 0.29) is 24.5 Å². The lowest BCUT2D eigenvalue weighted by Crippen LogP contribution is -2.41. The van der Waals surface area contributed by atoms with Crippen molar-refractivity contribution in [2.24, 2.45) is 5.92 Å². The number of benzene rings is 1. The lowest BCUT2D eigenvalue weighted by atomic mass is 10.0. The van der Waals surface area contributed by atoms with E-state index in [0.717, 1.165) is 8.04 Å². The average Bonchev–Trinajstić information content (AvgIpc) is 2.28. The van der Waals surface area contributed by atoms with Crippen LogP contribution in [0, 0.1) is 9.49 Å². The minimum atomic E-state index is -0.211. The summed E-state index contributed by atoms with van der Waals surface area (Å²) < 4.78 is 1.76. The molecule has 0 heterocycles. The van der Waals surface area contributed by atoms with Crippen molar-refractivity contribution in [3.8, 4) is 0 Å². The molecule has 0 saturated carbocycles. The Morgan fingerprint density at radius 3 is 2.71 bits per heavy atom. The van der Waals surface area contributed by atoms with Gasteiger partial charge in [-0.05, 0) is 46.7 Å². The van der Waals surface area contributed by atoms with Crippen LogP contribution in [0.25, 0.3) is 0 Å². The first kappa shape index (κ1) is 14.9. The zero-order chi connectivity index (χ0) is 13.0. The van der Waals surface area contributed by atoms with Crippen molar-refractivity contribution in [2.75, 3.05) is 6.61 Å². The van der Waals surface area contributed by atoms with Crippen LogP contribution in [-0.4, -0.2) is 23.7 Å². The number of hydrogen-bond donors (Lipinski definition) is 2. The summed E-state index contributed by atoms with van der Waals surface area (Å²) in [7, 11) is 0. The number of rotatable bonds is 4. The quantitative estimate of drug-likeness (QED) is 0.748. The van der Waals surface area contributed by atoms with Crippen LogP contribution in [0.15, 0.2) is 22.7 Å². The van der Waals surface area contributed by atoms with Crippen LogP contribution in [0.3, 0.4) is 0 Å². The predicted octanol–water partition coefficient (Wildman–Crippen LogP) is 2.80. The van der Waals surface area contributed by atoms with Crippen molar-refractivity contribution in [3.05, 3.63) is 31.8 Å². The molecule has 0 aliphatic heterocycles. The van der Waals surface area contributed by atoms with Gasteiger partial charge in [0.25, 0.3) is 5.91 Å². The van der Waals surface area contributed by atoms with E-state index < -0.39 is 0 Å². The van der Waals surface area contributed by atoms with Gasteiger partial charge >= 0.3 is 0 Å². The van der Waals surface area contributed by atoms with Crippen molar-refractivity contribution < 1.29 is 9.90 Å². The summed E-state index contributed by atoms with van der Waals surface area (Å²) in [4.78, 5) is 12.0. The molecule has 0 radical (unpaired) electrons. The maximum atomic E-state index is 12.0. The zero-order valence-corrected chi connectivity index (χ0v) is 13.4. The highest BCUT2D eigenvalue weighted by atomic mass is 127. The normalized spacial score (nSPS) is 12.6. The molecule has 0 aliphatic carbocycles. The number of nitrogens with one attached hydrogen (secondary N) is 1. The molecule has 1 atom stereocenters. The Balaban J connectivity index is 2.86. The van der Waals surface area contributed by atoms with Crippen LogP contribution in [0.4, 0.5) is 0 Å². The molecule has 94 valence electrons. The number of carbonyl (C=O) groups is 1. The largest absolute Gasteiger partial charge is 0.394 e. The molecule has 3 nitrogen and oxygen atoms in total. The third-order valence-electron chi connectivity index (χ3n) is 2.49. The Labute approximate surface area is 123 Å². The first-order chi connectivity index (χ1) is 7.95. The summed E-state index contributed by atoms with van der Waals surface area (Å²) in [6.45, 7) is 3.88. The smallest absolute Gasteiger partial charge is 0.252 e. The van der Waals surface area contributed by atoms with Crippen LogP contribution in [-0.2, 0) is 0 Å². The second-order valence-corrected chi connectivity index (χ2v) is 6.21. The van der Waals surface area contributed by atoms with Gasteiger partial charge in [0.05, 0.1) is 18.2 Å². The highest BCUT2D eigenvalue weighted by Gasteiger charge is 2.17. The van der Waals surface area contributed by atoms with Crippen LogP contribution >= 0.6 is 38.5 Å². The molecule has 0 saturated heterocycles. The molecule has 1 aromatic rings. The minimum Gasteiger partial charge on any atom is -0.394 e. The van der Waals surface area contributed by atoms with Gasteiger partial charge in [-0.25, -0.2) is 0 Å². The lowest BCUT2D eigenvalue weighted by molar-refractivity contribution is 0.0896. The van der Waals surface area contributed by atoms with E-state index in [9.17, 15) is 9.90 Å². The van der Waals surface area contributed by atoms with Gasteiger partial charge in [0.2, 0.25) is 0 Å². The van der Waals surface area contributed by atoms with E-state index in [2.05, 4.69) is 43.8 Å². The van der Waals surface area contributed by atoms with Crippen molar-refractivity contribution >= 4 is 44.4 Å². The molecule has 1 rings (SSSR count). The number of amides is 1. The van der Waals surface area contributed by atoms with E-state index in [1.807, 2.05) is 26.0 Å². The fourth-order valence-electron chi connectivity index (χ4n) is 1.34. The van der Waals surface area contributed by atoms with Gasteiger partial charge in [-0.3, -0.25) is 4.79 Å². The van der Waals surface area contributed by atoms with Gasteiger partial charge in [-0.2, -0.15) is 0 Å². The molecule has 1 unspecified atom stereocenters. The summed E-state index contributed by atoms with van der Waals surface area (Å²) in [5, 5.41) is 12.0. The molecule has 5 heteroatoms. The van der Waals surface area contributed by atoms with Crippen LogP contribution in [0.5, 0.6) is 0 Å². The van der Waals surface area contributed by atoms with Crippen molar-refractivity contribution in [1.29, 1.82) is 0 Å². The summed E-state index contributed by atoms with van der Waals surface area (Å²) >= 11 is 5.47. The van der Waals surface area contributed by atoms with E-state index in [4.69, 9.17) is 0 Å². The van der Waals surface area contributed by atoms with Crippen LogP contribution in [0.1, 0.15) is 24.2 Å². The van der Waals surface area contributed by atoms with Crippen molar-refractivity contribution in [1.82, 2.24) is 5.32 Å². The minimum absolute atomic E-state index is 0.0476. The number of aliphatic hydroxyl groups is 1. The Kier molecular flexibility index (Phi) is 5.88. The van der Waals surface area contributed by atoms with Crippen molar-refractivity contribution in [3.63, 3.8) is 0 Å². The summed E-state index contributed by atoms with van der Waals surface area (Å²) in [5.74, 6) is 0.0530. The fraction of sp³-hybridized carbons (Fsp3) is 0.417. The molecule has 0 bridgehead atoms. The SMILES string of the molecule is CC(C)C(CO)NC(=O)c1cc(Br)ccc1I. The van der Waals surface area contributed by atoms with Gasteiger partial charge in [0.1, 0.15) is 0 Å². The first-order valence-corrected chi connectivity index (χ1v) is 7.19. The molecular weight excluding hydrogens is 397 g/mol. The summed E-state index contributed by atoms with van der Waals surface area (Å²) in [5.41, 5.74) is 0.624. The topological polar surface area (TPSA) is 49.3 Å². The third-order valence-corrected chi connectivity index (χ3v) is 3.92. The maximum absolute atomic E-state index is 12.0. The summed E-state index contributed by atoms with van der Waals surface area (Å²) in [6.07, 6.45) is 0. The zero-order valence-electron chi connectivity index (χ0n) is 9.71. The number of hydrogen-bond acceptors (Lipinski definition) is 2. The molecule has 1 amide bonds. The average molecular weight is 412 g/mol. The van der Waals surface area contributed by atoms with Crippen LogP contribution in [0.2, 0.25) is 0 Å². The third kappa shape index (κ3) is 4.22. The Bertz CT molecular complexity index is 409. The number of carbonyl (C=O) groups excluding carboxylic acids is 1. The highest BCUT2D eigenvalue weighted by molar-refractivity contribution is 14.1. The number of halogens is 2. The molecular formula is C12H15BrINO2. The molecule has 17 heavy (non-hydrogen) atoms. The summed E-state index contributed by atoms with van der Waals surface area (Å²) in [6, 6.07) is 5.34. The monoisotopic (exact) mass is 411 g/mol. The molecule has 0 fully saturated rings. The molecule has 1 aromatic carbocycles. The van der Waals surface area contributed by atoms with Gasteiger partial charge in [-0.1, -0.05) is 29.8 Å². The predicted molar refractivity (Wildman–Crippen MR) is 80.0 cm³/mol. The maximum Gasteiger partial charge on any atom is 0.252 e. The Morgan fingerprint density at radius 2 is 2.18 bits per heavy atom. The van der Waals surface area contributed by atoms with E-state index in [1.165, 1.54) is 0 Å². The van der Waals surface area contributed by atoms with E-state index in [1.54, 1.807) is 6.07 Å². The second kappa shape index (κ2) is 6.70. The van der Waals surface area contributed by atoms with Crippen molar-refractivity contribution in [2.45, 2.75) is 19.9 Å². The number of aliphatic hydroxyl groups excluding tert-OH is 1. The van der Waals surface area contributed by atoms with Crippen LogP contribution < -0.4 is 5.32 Å². The standard InChI is InChI=1S/C12H15BrINO2/c1-7(2)11(6-16)15-12(17)9-5-8(13)3-4-10(9)14/h3-5,7,11,16H,6H2,1-2H3,(H,15,17). The van der Waals surface area contributed by atoms with Gasteiger partial charge < -0.3 is 10.4 Å². The van der Waals surface area contributed by atoms with Gasteiger partial charge in [0, 0.05) is 8.04 Å². The van der Waals surface area contributed by atoms with Gasteiger partial charge in [0.15, 0.2) is 0 Å².